The smallest absolute Gasteiger partial charge is 0.263 e. The summed E-state index contributed by atoms with van der Waals surface area (Å²) in [7, 11) is -3.79. The van der Waals surface area contributed by atoms with Crippen LogP contribution in [0.3, 0.4) is 0 Å². The number of sulfonamides is 1. The normalized spacial score (nSPS) is 11.3. The van der Waals surface area contributed by atoms with E-state index in [9.17, 15) is 12.8 Å². The molecule has 0 radical (unpaired) electrons. The lowest BCUT2D eigenvalue weighted by Gasteiger charge is -2.09. The lowest BCUT2D eigenvalue weighted by atomic mass is 10.1. The highest BCUT2D eigenvalue weighted by Crippen LogP contribution is 2.20. The van der Waals surface area contributed by atoms with Gasteiger partial charge in [0, 0.05) is 5.69 Å². The molecule has 0 saturated heterocycles. The Morgan fingerprint density at radius 2 is 2.05 bits per heavy atom. The summed E-state index contributed by atoms with van der Waals surface area (Å²) < 4.78 is 39.3. The van der Waals surface area contributed by atoms with Crippen LogP contribution in [0.15, 0.2) is 41.4 Å². The van der Waals surface area contributed by atoms with Crippen molar-refractivity contribution in [2.75, 3.05) is 10.5 Å². The average molecular weight is 295 g/mol. The molecule has 0 aliphatic rings. The number of nitrogens with zero attached hydrogens (tertiary/aromatic N) is 1. The standard InChI is InChI=1S/C13H14FN3O2S/c1-2-9-3-5-11(7-12(9)15)20(18,19)17-13-6-4-10(14)8-16-13/h3-8H,2,15H2,1H3,(H,16,17). The summed E-state index contributed by atoms with van der Waals surface area (Å²) in [6.45, 7) is 1.93. The molecule has 1 heterocycles. The fraction of sp³-hybridized carbons (Fsp3) is 0.154. The predicted octanol–water partition coefficient (Wildman–Crippen LogP) is 2.17. The minimum absolute atomic E-state index is 0.0401. The highest BCUT2D eigenvalue weighted by atomic mass is 32.2. The Morgan fingerprint density at radius 3 is 2.60 bits per heavy atom. The number of pyridine rings is 1. The number of rotatable bonds is 4. The second-order valence-corrected chi connectivity index (χ2v) is 5.86. The Morgan fingerprint density at radius 1 is 1.30 bits per heavy atom. The summed E-state index contributed by atoms with van der Waals surface area (Å²) >= 11 is 0. The number of aryl methyl sites for hydroxylation is 1. The first kappa shape index (κ1) is 14.3. The number of anilines is 2. The fourth-order valence-electron chi connectivity index (χ4n) is 1.69. The summed E-state index contributed by atoms with van der Waals surface area (Å²) in [6.07, 6.45) is 1.66. The first-order chi connectivity index (χ1) is 9.42. The number of halogens is 1. The zero-order valence-corrected chi connectivity index (χ0v) is 11.6. The molecule has 5 nitrogen and oxygen atoms in total. The lowest BCUT2D eigenvalue weighted by Crippen LogP contribution is -2.14. The number of aromatic nitrogens is 1. The molecule has 0 atom stereocenters. The van der Waals surface area contributed by atoms with E-state index in [4.69, 9.17) is 5.73 Å². The van der Waals surface area contributed by atoms with E-state index in [1.165, 1.54) is 18.2 Å². The van der Waals surface area contributed by atoms with Gasteiger partial charge in [0.15, 0.2) is 0 Å². The van der Waals surface area contributed by atoms with Crippen LogP contribution in [0.25, 0.3) is 0 Å². The Kier molecular flexibility index (Phi) is 3.89. The summed E-state index contributed by atoms with van der Waals surface area (Å²) in [5.74, 6) is -0.492. The molecule has 1 aromatic heterocycles. The molecule has 2 rings (SSSR count). The van der Waals surface area contributed by atoms with Gasteiger partial charge in [-0.05, 0) is 36.2 Å². The molecule has 2 aromatic rings. The monoisotopic (exact) mass is 295 g/mol. The van der Waals surface area contributed by atoms with Crippen LogP contribution < -0.4 is 10.5 Å². The van der Waals surface area contributed by atoms with E-state index in [0.29, 0.717) is 5.69 Å². The molecular weight excluding hydrogens is 281 g/mol. The summed E-state index contributed by atoms with van der Waals surface area (Å²) in [4.78, 5) is 3.69. The topological polar surface area (TPSA) is 85.1 Å². The number of nitrogen functional groups attached to an aromatic ring is 1. The van der Waals surface area contributed by atoms with E-state index < -0.39 is 15.8 Å². The maximum absolute atomic E-state index is 12.7. The zero-order chi connectivity index (χ0) is 14.8. The lowest BCUT2D eigenvalue weighted by molar-refractivity contribution is 0.600. The highest BCUT2D eigenvalue weighted by molar-refractivity contribution is 7.92. The van der Waals surface area contributed by atoms with Crippen LogP contribution in [0.4, 0.5) is 15.9 Å². The predicted molar refractivity (Wildman–Crippen MR) is 75.2 cm³/mol. The third-order valence-electron chi connectivity index (χ3n) is 2.77. The van der Waals surface area contributed by atoms with E-state index in [2.05, 4.69) is 9.71 Å². The highest BCUT2D eigenvalue weighted by Gasteiger charge is 2.16. The van der Waals surface area contributed by atoms with Crippen LogP contribution in [0.2, 0.25) is 0 Å². The van der Waals surface area contributed by atoms with Crippen molar-refractivity contribution in [3.05, 3.63) is 47.9 Å². The summed E-state index contributed by atoms with van der Waals surface area (Å²) in [5.41, 5.74) is 7.08. The van der Waals surface area contributed by atoms with Crippen LogP contribution in [-0.4, -0.2) is 13.4 Å². The number of hydrogen-bond donors (Lipinski definition) is 2. The maximum Gasteiger partial charge on any atom is 0.263 e. The Balaban J connectivity index is 2.30. The minimum atomic E-state index is -3.79. The molecule has 0 amide bonds. The van der Waals surface area contributed by atoms with Crippen molar-refractivity contribution in [1.29, 1.82) is 0 Å². The van der Waals surface area contributed by atoms with Crippen molar-refractivity contribution in [1.82, 2.24) is 4.98 Å². The molecule has 0 bridgehead atoms. The molecule has 3 N–H and O–H groups in total. The van der Waals surface area contributed by atoms with E-state index in [0.717, 1.165) is 24.2 Å². The van der Waals surface area contributed by atoms with E-state index in [-0.39, 0.29) is 10.7 Å². The first-order valence-corrected chi connectivity index (χ1v) is 7.43. The van der Waals surface area contributed by atoms with E-state index >= 15 is 0 Å². The molecule has 0 aliphatic carbocycles. The van der Waals surface area contributed by atoms with Gasteiger partial charge in [-0.1, -0.05) is 13.0 Å². The molecule has 0 saturated carbocycles. The van der Waals surface area contributed by atoms with Gasteiger partial charge in [-0.15, -0.1) is 0 Å². The number of nitrogens with one attached hydrogen (secondary N) is 1. The van der Waals surface area contributed by atoms with Gasteiger partial charge in [0.1, 0.15) is 11.6 Å². The van der Waals surface area contributed by atoms with Gasteiger partial charge >= 0.3 is 0 Å². The van der Waals surface area contributed by atoms with Crippen LogP contribution in [0, 0.1) is 5.82 Å². The summed E-state index contributed by atoms with van der Waals surface area (Å²) in [6, 6.07) is 6.91. The third-order valence-corrected chi connectivity index (χ3v) is 4.13. The Hall–Kier alpha value is -2.15. The molecule has 106 valence electrons. The van der Waals surface area contributed by atoms with Gasteiger partial charge in [-0.25, -0.2) is 17.8 Å². The van der Waals surface area contributed by atoms with Crippen molar-refractivity contribution in [2.45, 2.75) is 18.2 Å². The summed E-state index contributed by atoms with van der Waals surface area (Å²) in [5, 5.41) is 0. The minimum Gasteiger partial charge on any atom is -0.398 e. The van der Waals surface area contributed by atoms with Gasteiger partial charge in [-0.3, -0.25) is 4.72 Å². The molecule has 0 unspecified atom stereocenters. The average Bonchev–Trinajstić information content (AvgIpc) is 2.41. The molecule has 0 spiro atoms. The molecule has 20 heavy (non-hydrogen) atoms. The molecule has 7 heteroatoms. The van der Waals surface area contributed by atoms with Gasteiger partial charge in [-0.2, -0.15) is 0 Å². The van der Waals surface area contributed by atoms with Gasteiger partial charge < -0.3 is 5.73 Å². The number of hydrogen-bond acceptors (Lipinski definition) is 4. The number of benzene rings is 1. The molecular formula is C13H14FN3O2S. The van der Waals surface area contributed by atoms with Crippen LogP contribution in [0.1, 0.15) is 12.5 Å². The molecule has 0 fully saturated rings. The van der Waals surface area contributed by atoms with Crippen molar-refractivity contribution < 1.29 is 12.8 Å². The maximum atomic E-state index is 12.7. The van der Waals surface area contributed by atoms with Gasteiger partial charge in [0.05, 0.1) is 11.1 Å². The quantitative estimate of drug-likeness (QED) is 0.846. The van der Waals surface area contributed by atoms with E-state index in [1.54, 1.807) is 6.07 Å². The second-order valence-electron chi connectivity index (χ2n) is 4.18. The van der Waals surface area contributed by atoms with E-state index in [1.807, 2.05) is 6.92 Å². The van der Waals surface area contributed by atoms with Crippen molar-refractivity contribution in [2.24, 2.45) is 0 Å². The van der Waals surface area contributed by atoms with Crippen molar-refractivity contribution in [3.63, 3.8) is 0 Å². The fourth-order valence-corrected chi connectivity index (χ4v) is 2.74. The largest absolute Gasteiger partial charge is 0.398 e. The third kappa shape index (κ3) is 3.05. The van der Waals surface area contributed by atoms with Crippen molar-refractivity contribution >= 4 is 21.5 Å². The molecule has 1 aromatic carbocycles. The Bertz CT molecular complexity index is 715. The van der Waals surface area contributed by atoms with Crippen LogP contribution in [0.5, 0.6) is 0 Å². The van der Waals surface area contributed by atoms with Crippen LogP contribution >= 0.6 is 0 Å². The first-order valence-electron chi connectivity index (χ1n) is 5.95. The Labute approximate surface area is 116 Å². The van der Waals surface area contributed by atoms with Gasteiger partial charge in [0.25, 0.3) is 10.0 Å². The number of nitrogens with two attached hydrogens (primary N) is 1. The van der Waals surface area contributed by atoms with Crippen molar-refractivity contribution in [3.8, 4) is 0 Å². The zero-order valence-electron chi connectivity index (χ0n) is 10.8. The molecule has 0 aliphatic heterocycles. The second kappa shape index (κ2) is 5.46. The SMILES string of the molecule is CCc1ccc(S(=O)(=O)Nc2ccc(F)cn2)cc1N. The van der Waals surface area contributed by atoms with Crippen LogP contribution in [-0.2, 0) is 16.4 Å². The van der Waals surface area contributed by atoms with Gasteiger partial charge in [0.2, 0.25) is 0 Å².